The quantitative estimate of drug-likeness (QED) is 0.755. The Balaban J connectivity index is 1.70. The van der Waals surface area contributed by atoms with Crippen molar-refractivity contribution in [3.8, 4) is 0 Å². The number of carbonyl (C=O) groups is 1. The van der Waals surface area contributed by atoms with Gasteiger partial charge in [0.1, 0.15) is 5.78 Å². The van der Waals surface area contributed by atoms with Gasteiger partial charge in [-0.2, -0.15) is 0 Å². The van der Waals surface area contributed by atoms with Gasteiger partial charge in [-0.05, 0) is 37.2 Å². The van der Waals surface area contributed by atoms with Crippen LogP contribution >= 0.6 is 0 Å². The third kappa shape index (κ3) is 2.43. The van der Waals surface area contributed by atoms with Crippen molar-refractivity contribution in [1.82, 2.24) is 0 Å². The van der Waals surface area contributed by atoms with Crippen LogP contribution in [0.1, 0.15) is 37.7 Å². The van der Waals surface area contributed by atoms with E-state index in [9.17, 15) is 4.79 Å². The van der Waals surface area contributed by atoms with Gasteiger partial charge >= 0.3 is 0 Å². The molecule has 0 spiro atoms. The first-order chi connectivity index (χ1) is 8.34. The second-order valence-electron chi connectivity index (χ2n) is 5.68. The van der Waals surface area contributed by atoms with E-state index in [0.29, 0.717) is 17.6 Å². The number of carbonyl (C=O) groups excluding carboxylic acids is 1. The van der Waals surface area contributed by atoms with Crippen molar-refractivity contribution in [1.29, 1.82) is 0 Å². The molecule has 0 N–H and O–H groups in total. The number of hydrogen-bond acceptors (Lipinski definition) is 1. The Morgan fingerprint density at radius 3 is 2.65 bits per heavy atom. The lowest BCUT2D eigenvalue weighted by atomic mass is 9.85. The minimum atomic E-state index is 0.299. The summed E-state index contributed by atoms with van der Waals surface area (Å²) in [6, 6.07) is 10.5. The Morgan fingerprint density at radius 1 is 1.06 bits per heavy atom. The number of Topliss-reactive ketones (excluding diaryl/α,β-unsaturated/α-hetero) is 1. The molecular formula is C16H20O. The van der Waals surface area contributed by atoms with Gasteiger partial charge in [0.05, 0.1) is 0 Å². The average molecular weight is 228 g/mol. The van der Waals surface area contributed by atoms with Crippen LogP contribution in [0.15, 0.2) is 30.3 Å². The maximum atomic E-state index is 12.3. The normalized spacial score (nSPS) is 32.5. The molecule has 2 aliphatic rings. The van der Waals surface area contributed by atoms with Crippen molar-refractivity contribution in [2.45, 2.75) is 38.5 Å². The Morgan fingerprint density at radius 2 is 1.82 bits per heavy atom. The van der Waals surface area contributed by atoms with Crippen molar-refractivity contribution in [3.05, 3.63) is 35.9 Å². The topological polar surface area (TPSA) is 17.1 Å². The van der Waals surface area contributed by atoms with Crippen LogP contribution in [-0.4, -0.2) is 5.78 Å². The van der Waals surface area contributed by atoms with E-state index >= 15 is 0 Å². The molecule has 0 aliphatic heterocycles. The summed E-state index contributed by atoms with van der Waals surface area (Å²) in [7, 11) is 0. The van der Waals surface area contributed by atoms with Crippen LogP contribution in [0.5, 0.6) is 0 Å². The highest BCUT2D eigenvalue weighted by Gasteiger charge is 2.45. The van der Waals surface area contributed by atoms with E-state index in [0.717, 1.165) is 18.8 Å². The van der Waals surface area contributed by atoms with Crippen molar-refractivity contribution in [3.63, 3.8) is 0 Å². The molecule has 0 aromatic heterocycles. The molecule has 0 amide bonds. The second kappa shape index (κ2) is 4.64. The highest BCUT2D eigenvalue weighted by atomic mass is 16.1. The molecule has 3 atom stereocenters. The molecule has 1 aromatic rings. The Bertz CT molecular complexity index is 395. The summed E-state index contributed by atoms with van der Waals surface area (Å²) in [5.74, 6) is 2.05. The number of ketones is 1. The SMILES string of the molecule is O=C1[C@H](Cc2ccccc2)CCCC[C@H]2C[C@@H]12. The second-order valence-corrected chi connectivity index (χ2v) is 5.68. The number of hydrogen-bond donors (Lipinski definition) is 0. The Labute approximate surface area is 103 Å². The Hall–Kier alpha value is -1.11. The molecule has 0 radical (unpaired) electrons. The molecule has 0 heterocycles. The summed E-state index contributed by atoms with van der Waals surface area (Å²) in [6.45, 7) is 0. The van der Waals surface area contributed by atoms with Gasteiger partial charge in [0.25, 0.3) is 0 Å². The maximum Gasteiger partial charge on any atom is 0.139 e. The zero-order valence-electron chi connectivity index (χ0n) is 10.3. The van der Waals surface area contributed by atoms with Crippen LogP contribution in [0, 0.1) is 17.8 Å². The van der Waals surface area contributed by atoms with Gasteiger partial charge in [-0.1, -0.05) is 43.2 Å². The van der Waals surface area contributed by atoms with E-state index < -0.39 is 0 Å². The van der Waals surface area contributed by atoms with Gasteiger partial charge in [-0.15, -0.1) is 0 Å². The zero-order valence-corrected chi connectivity index (χ0v) is 10.3. The summed E-state index contributed by atoms with van der Waals surface area (Å²) in [4.78, 5) is 12.3. The minimum Gasteiger partial charge on any atom is -0.299 e. The molecule has 2 aliphatic carbocycles. The van der Waals surface area contributed by atoms with E-state index in [1.807, 2.05) is 6.07 Å². The fourth-order valence-electron chi connectivity index (χ4n) is 3.26. The molecule has 1 heteroatoms. The zero-order chi connectivity index (χ0) is 11.7. The molecule has 0 bridgehead atoms. The minimum absolute atomic E-state index is 0.299. The van der Waals surface area contributed by atoms with E-state index in [4.69, 9.17) is 0 Å². The van der Waals surface area contributed by atoms with Crippen molar-refractivity contribution in [2.75, 3.05) is 0 Å². The first-order valence-electron chi connectivity index (χ1n) is 6.92. The largest absolute Gasteiger partial charge is 0.299 e. The van der Waals surface area contributed by atoms with Crippen LogP contribution in [-0.2, 0) is 11.2 Å². The molecule has 0 unspecified atom stereocenters. The summed E-state index contributed by atoms with van der Waals surface area (Å²) in [5.41, 5.74) is 1.32. The van der Waals surface area contributed by atoms with Gasteiger partial charge in [-0.3, -0.25) is 4.79 Å². The van der Waals surface area contributed by atoms with E-state index in [1.54, 1.807) is 0 Å². The van der Waals surface area contributed by atoms with Crippen LogP contribution in [0.3, 0.4) is 0 Å². The smallest absolute Gasteiger partial charge is 0.139 e. The van der Waals surface area contributed by atoms with Crippen LogP contribution < -0.4 is 0 Å². The van der Waals surface area contributed by atoms with Crippen LogP contribution in [0.4, 0.5) is 0 Å². The van der Waals surface area contributed by atoms with Crippen molar-refractivity contribution in [2.24, 2.45) is 17.8 Å². The lowest BCUT2D eigenvalue weighted by molar-refractivity contribution is -0.124. The monoisotopic (exact) mass is 228 g/mol. The van der Waals surface area contributed by atoms with Crippen LogP contribution in [0.2, 0.25) is 0 Å². The van der Waals surface area contributed by atoms with Gasteiger partial charge in [0.2, 0.25) is 0 Å². The van der Waals surface area contributed by atoms with E-state index in [2.05, 4.69) is 24.3 Å². The van der Waals surface area contributed by atoms with Crippen molar-refractivity contribution >= 4 is 5.78 Å². The number of rotatable bonds is 2. The average Bonchev–Trinajstić information content (AvgIpc) is 3.11. The summed E-state index contributed by atoms with van der Waals surface area (Å²) >= 11 is 0. The highest BCUT2D eigenvalue weighted by molar-refractivity contribution is 5.86. The Kier molecular flexibility index (Phi) is 3.00. The molecule has 2 fully saturated rings. The summed E-state index contributed by atoms with van der Waals surface area (Å²) < 4.78 is 0. The van der Waals surface area contributed by atoms with Crippen LogP contribution in [0.25, 0.3) is 0 Å². The molecule has 1 nitrogen and oxygen atoms in total. The van der Waals surface area contributed by atoms with Gasteiger partial charge in [0, 0.05) is 11.8 Å². The fourth-order valence-corrected chi connectivity index (χ4v) is 3.26. The van der Waals surface area contributed by atoms with E-state index in [-0.39, 0.29) is 0 Å². The molecule has 0 saturated heterocycles. The molecule has 90 valence electrons. The third-order valence-electron chi connectivity index (χ3n) is 4.39. The van der Waals surface area contributed by atoms with E-state index in [1.165, 1.54) is 31.2 Å². The lowest BCUT2D eigenvalue weighted by Gasteiger charge is -2.18. The number of benzene rings is 1. The summed E-state index contributed by atoms with van der Waals surface area (Å²) in [5, 5.41) is 0. The first kappa shape index (κ1) is 11.0. The van der Waals surface area contributed by atoms with Gasteiger partial charge < -0.3 is 0 Å². The first-order valence-corrected chi connectivity index (χ1v) is 6.92. The van der Waals surface area contributed by atoms with Crippen molar-refractivity contribution < 1.29 is 4.79 Å². The molecule has 1 aromatic carbocycles. The number of fused-ring (bicyclic) bond motifs is 1. The van der Waals surface area contributed by atoms with Gasteiger partial charge in [-0.25, -0.2) is 0 Å². The standard InChI is InChI=1S/C16H20O/c17-16-14(10-12-6-2-1-3-7-12)9-5-4-8-13-11-15(13)16/h1-3,6-7,13-15H,4-5,8-11H2/t13-,14-,15+/m0/s1. The molecule has 17 heavy (non-hydrogen) atoms. The third-order valence-corrected chi connectivity index (χ3v) is 4.39. The fraction of sp³-hybridized carbons (Fsp3) is 0.562. The molecule has 3 rings (SSSR count). The van der Waals surface area contributed by atoms with Gasteiger partial charge in [0.15, 0.2) is 0 Å². The predicted molar refractivity (Wildman–Crippen MR) is 68.7 cm³/mol. The molecule has 2 saturated carbocycles. The highest BCUT2D eigenvalue weighted by Crippen LogP contribution is 2.46. The molecular weight excluding hydrogens is 208 g/mol. The lowest BCUT2D eigenvalue weighted by Crippen LogP contribution is -2.21. The summed E-state index contributed by atoms with van der Waals surface area (Å²) in [6.07, 6.45) is 7.13. The predicted octanol–water partition coefficient (Wildman–Crippen LogP) is 3.62. The maximum absolute atomic E-state index is 12.3.